The van der Waals surface area contributed by atoms with Gasteiger partial charge in [0.05, 0.1) is 0 Å². The lowest BCUT2D eigenvalue weighted by Crippen LogP contribution is -2.44. The Balaban J connectivity index is 4.65. The molecule has 0 bridgehead atoms. The number of Topliss-reactive ketones (excluding diaryl/α,β-unsaturated/α-hetero) is 1. The van der Waals surface area contributed by atoms with Crippen molar-refractivity contribution < 1.29 is 19.8 Å². The van der Waals surface area contributed by atoms with Gasteiger partial charge in [0.2, 0.25) is 5.60 Å². The van der Waals surface area contributed by atoms with E-state index in [1.54, 1.807) is 0 Å². The predicted octanol–water partition coefficient (Wildman–Crippen LogP) is -0.0328. The van der Waals surface area contributed by atoms with Crippen LogP contribution in [0.1, 0.15) is 13.3 Å². The first-order chi connectivity index (χ1) is 4.95. The first-order valence-electron chi connectivity index (χ1n) is 3.03. The second-order valence-electron chi connectivity index (χ2n) is 2.21. The molecule has 0 aliphatic rings. The van der Waals surface area contributed by atoms with E-state index < -0.39 is 17.4 Å². The first kappa shape index (κ1) is 9.84. The van der Waals surface area contributed by atoms with Crippen molar-refractivity contribution in [1.29, 1.82) is 0 Å². The molecule has 0 fully saturated rings. The molecule has 0 heterocycles. The zero-order chi connectivity index (χ0) is 9.07. The maximum atomic E-state index is 10.6. The van der Waals surface area contributed by atoms with Crippen molar-refractivity contribution in [2.45, 2.75) is 18.9 Å². The largest absolute Gasteiger partial charge is 0.479 e. The lowest BCUT2D eigenvalue weighted by molar-refractivity contribution is -0.163. The predicted molar refractivity (Wildman–Crippen MR) is 38.1 cm³/mol. The molecule has 0 unspecified atom stereocenters. The summed E-state index contributed by atoms with van der Waals surface area (Å²) in [4.78, 5) is 21.0. The van der Waals surface area contributed by atoms with Crippen molar-refractivity contribution in [2.75, 3.05) is 0 Å². The smallest absolute Gasteiger partial charge is 0.343 e. The molecule has 0 aliphatic carbocycles. The van der Waals surface area contributed by atoms with Crippen molar-refractivity contribution in [2.24, 2.45) is 0 Å². The molecule has 1 atom stereocenters. The van der Waals surface area contributed by atoms with Crippen LogP contribution in [0.5, 0.6) is 0 Å². The Kier molecular flexibility index (Phi) is 2.95. The van der Waals surface area contributed by atoms with Crippen molar-refractivity contribution in [3.63, 3.8) is 0 Å². The lowest BCUT2D eigenvalue weighted by Gasteiger charge is -2.17. The van der Waals surface area contributed by atoms with Gasteiger partial charge in [0.15, 0.2) is 5.78 Å². The normalized spacial score (nSPS) is 15.1. The molecule has 4 heteroatoms. The van der Waals surface area contributed by atoms with Crippen LogP contribution in [-0.4, -0.2) is 27.6 Å². The van der Waals surface area contributed by atoms with Crippen LogP contribution in [0.3, 0.4) is 0 Å². The SMILES string of the molecule is C=CC[C@@](O)(C(C)=O)C(=O)O. The van der Waals surface area contributed by atoms with Gasteiger partial charge >= 0.3 is 5.97 Å². The van der Waals surface area contributed by atoms with Gasteiger partial charge < -0.3 is 10.2 Å². The number of carboxylic acids is 1. The van der Waals surface area contributed by atoms with Gasteiger partial charge in [-0.05, 0) is 6.92 Å². The fourth-order valence-electron chi connectivity index (χ4n) is 0.591. The number of carbonyl (C=O) groups excluding carboxylic acids is 1. The Hall–Kier alpha value is -1.16. The van der Waals surface area contributed by atoms with Crippen LogP contribution < -0.4 is 0 Å². The van der Waals surface area contributed by atoms with Gasteiger partial charge in [-0.25, -0.2) is 4.79 Å². The summed E-state index contributed by atoms with van der Waals surface area (Å²) in [6.07, 6.45) is 0.924. The van der Waals surface area contributed by atoms with Crippen LogP contribution in [-0.2, 0) is 9.59 Å². The Labute approximate surface area is 64.2 Å². The van der Waals surface area contributed by atoms with E-state index in [4.69, 9.17) is 10.2 Å². The maximum absolute atomic E-state index is 10.6. The van der Waals surface area contributed by atoms with E-state index in [1.807, 2.05) is 0 Å². The monoisotopic (exact) mass is 158 g/mol. The molecule has 0 spiro atoms. The number of rotatable bonds is 4. The Morgan fingerprint density at radius 2 is 2.09 bits per heavy atom. The van der Waals surface area contributed by atoms with E-state index in [2.05, 4.69) is 6.58 Å². The lowest BCUT2D eigenvalue weighted by atomic mass is 9.96. The Bertz CT molecular complexity index is 181. The molecule has 2 N–H and O–H groups in total. The van der Waals surface area contributed by atoms with Crippen molar-refractivity contribution in [3.05, 3.63) is 12.7 Å². The summed E-state index contributed by atoms with van der Waals surface area (Å²) in [6.45, 7) is 4.26. The van der Waals surface area contributed by atoms with Crippen LogP contribution in [0.2, 0.25) is 0 Å². The number of carboxylic acid groups (broad SMARTS) is 1. The van der Waals surface area contributed by atoms with E-state index in [0.717, 1.165) is 6.92 Å². The number of aliphatic carboxylic acids is 1. The highest BCUT2D eigenvalue weighted by molar-refractivity contribution is 6.05. The van der Waals surface area contributed by atoms with Gasteiger partial charge in [-0.15, -0.1) is 6.58 Å². The number of carbonyl (C=O) groups is 2. The van der Waals surface area contributed by atoms with Crippen LogP contribution in [0.4, 0.5) is 0 Å². The quantitative estimate of drug-likeness (QED) is 0.445. The average Bonchev–Trinajstić information content (AvgIpc) is 1.87. The zero-order valence-electron chi connectivity index (χ0n) is 6.20. The number of aliphatic hydroxyl groups is 1. The fraction of sp³-hybridized carbons (Fsp3) is 0.429. The summed E-state index contributed by atoms with van der Waals surface area (Å²) in [5.41, 5.74) is -2.29. The van der Waals surface area contributed by atoms with Crippen LogP contribution in [0.25, 0.3) is 0 Å². The zero-order valence-corrected chi connectivity index (χ0v) is 6.20. The summed E-state index contributed by atoms with van der Waals surface area (Å²) in [6, 6.07) is 0. The number of hydrogen-bond donors (Lipinski definition) is 2. The Morgan fingerprint density at radius 3 is 2.18 bits per heavy atom. The minimum Gasteiger partial charge on any atom is -0.479 e. The third-order valence-electron chi connectivity index (χ3n) is 1.38. The second kappa shape index (κ2) is 3.30. The van der Waals surface area contributed by atoms with Crippen molar-refractivity contribution in [1.82, 2.24) is 0 Å². The van der Waals surface area contributed by atoms with Crippen LogP contribution in [0.15, 0.2) is 12.7 Å². The van der Waals surface area contributed by atoms with Crippen LogP contribution >= 0.6 is 0 Å². The van der Waals surface area contributed by atoms with Gasteiger partial charge in [-0.2, -0.15) is 0 Å². The molecule has 0 aromatic heterocycles. The molecular formula is C7H10O4. The van der Waals surface area contributed by atoms with Gasteiger partial charge in [0.25, 0.3) is 0 Å². The molecule has 0 aromatic rings. The summed E-state index contributed by atoms with van der Waals surface area (Å²) < 4.78 is 0. The highest BCUT2D eigenvalue weighted by atomic mass is 16.4. The third-order valence-corrected chi connectivity index (χ3v) is 1.38. The molecule has 0 saturated carbocycles. The molecule has 62 valence electrons. The van der Waals surface area contributed by atoms with E-state index in [-0.39, 0.29) is 6.42 Å². The molecule has 4 nitrogen and oxygen atoms in total. The standard InChI is InChI=1S/C7H10O4/c1-3-4-7(11,5(2)8)6(9)10/h3,11H,1,4H2,2H3,(H,9,10)/t7-/m1/s1. The minimum absolute atomic E-state index is 0.266. The molecule has 0 aromatic carbocycles. The molecule has 0 rings (SSSR count). The molecule has 0 radical (unpaired) electrons. The second-order valence-corrected chi connectivity index (χ2v) is 2.21. The summed E-state index contributed by atoms with van der Waals surface area (Å²) in [7, 11) is 0. The first-order valence-corrected chi connectivity index (χ1v) is 3.03. The highest BCUT2D eigenvalue weighted by Crippen LogP contribution is 2.12. The highest BCUT2D eigenvalue weighted by Gasteiger charge is 2.39. The van der Waals surface area contributed by atoms with E-state index >= 15 is 0 Å². The molecule has 11 heavy (non-hydrogen) atoms. The summed E-state index contributed by atoms with van der Waals surface area (Å²) in [5.74, 6) is -2.32. The minimum atomic E-state index is -2.29. The third kappa shape index (κ3) is 1.88. The number of hydrogen-bond acceptors (Lipinski definition) is 3. The summed E-state index contributed by atoms with van der Waals surface area (Å²) in [5, 5.41) is 17.6. The van der Waals surface area contributed by atoms with Gasteiger partial charge in [-0.3, -0.25) is 4.79 Å². The average molecular weight is 158 g/mol. The van der Waals surface area contributed by atoms with E-state index in [9.17, 15) is 9.59 Å². The van der Waals surface area contributed by atoms with E-state index in [1.165, 1.54) is 6.08 Å². The van der Waals surface area contributed by atoms with Crippen LogP contribution in [0, 0.1) is 0 Å². The van der Waals surface area contributed by atoms with Gasteiger partial charge in [0.1, 0.15) is 0 Å². The molecule has 0 saturated heterocycles. The van der Waals surface area contributed by atoms with Gasteiger partial charge in [-0.1, -0.05) is 6.08 Å². The summed E-state index contributed by atoms with van der Waals surface area (Å²) >= 11 is 0. The maximum Gasteiger partial charge on any atom is 0.343 e. The molecule has 0 aliphatic heterocycles. The van der Waals surface area contributed by atoms with E-state index in [0.29, 0.717) is 0 Å². The molecular weight excluding hydrogens is 148 g/mol. The fourth-order valence-corrected chi connectivity index (χ4v) is 0.591. The van der Waals surface area contributed by atoms with Crippen molar-refractivity contribution in [3.8, 4) is 0 Å². The topological polar surface area (TPSA) is 74.6 Å². The molecule has 0 amide bonds. The Morgan fingerprint density at radius 1 is 1.64 bits per heavy atom. The van der Waals surface area contributed by atoms with Gasteiger partial charge in [0, 0.05) is 6.42 Å². The number of ketones is 1. The van der Waals surface area contributed by atoms with Crippen molar-refractivity contribution >= 4 is 11.8 Å².